The van der Waals surface area contributed by atoms with Crippen LogP contribution in [0.4, 0.5) is 5.69 Å². The quantitative estimate of drug-likeness (QED) is 0.839. The minimum Gasteiger partial charge on any atom is -0.326 e. The number of aryl methyl sites for hydroxylation is 3. The summed E-state index contributed by atoms with van der Waals surface area (Å²) in [7, 11) is 0. The first-order chi connectivity index (χ1) is 7.04. The van der Waals surface area contributed by atoms with E-state index in [-0.39, 0.29) is 5.91 Å². The van der Waals surface area contributed by atoms with E-state index in [2.05, 4.69) is 34.2 Å². The minimum absolute atomic E-state index is 0.0225. The average Bonchev–Trinajstić information content (AvgIpc) is 2.13. The molecule has 0 atom stereocenters. The Labute approximate surface area is 99.2 Å². The number of hydrogen-bond acceptors (Lipinski definition) is 1. The largest absolute Gasteiger partial charge is 0.326 e. The van der Waals surface area contributed by atoms with Crippen molar-refractivity contribution in [2.75, 3.05) is 10.6 Å². The molecule has 2 nitrogen and oxygen atoms in total. The molecule has 0 aliphatic rings. The van der Waals surface area contributed by atoms with Crippen molar-refractivity contribution in [3.05, 3.63) is 28.8 Å². The van der Waals surface area contributed by atoms with E-state index < -0.39 is 0 Å². The van der Waals surface area contributed by atoms with Crippen molar-refractivity contribution in [2.45, 2.75) is 27.2 Å². The van der Waals surface area contributed by atoms with Gasteiger partial charge in [-0.15, -0.1) is 0 Å². The number of rotatable bonds is 3. The van der Waals surface area contributed by atoms with Crippen molar-refractivity contribution < 1.29 is 4.79 Å². The van der Waals surface area contributed by atoms with Crippen LogP contribution in [-0.4, -0.2) is 11.2 Å². The fourth-order valence-corrected chi connectivity index (χ4v) is 2.00. The van der Waals surface area contributed by atoms with Crippen LogP contribution >= 0.6 is 15.9 Å². The van der Waals surface area contributed by atoms with Crippen molar-refractivity contribution in [1.82, 2.24) is 0 Å². The lowest BCUT2D eigenvalue weighted by Crippen LogP contribution is -2.08. The lowest BCUT2D eigenvalue weighted by Gasteiger charge is -2.11. The second-order valence-corrected chi connectivity index (χ2v) is 4.51. The zero-order chi connectivity index (χ0) is 11.4. The molecule has 3 heteroatoms. The molecule has 0 unspecified atom stereocenters. The second kappa shape index (κ2) is 5.31. The molecule has 15 heavy (non-hydrogen) atoms. The first-order valence-electron chi connectivity index (χ1n) is 4.98. The van der Waals surface area contributed by atoms with Gasteiger partial charge >= 0.3 is 0 Å². The molecule has 0 heterocycles. The molecule has 0 spiro atoms. The Morgan fingerprint density at radius 2 is 2.00 bits per heavy atom. The third-order valence-electron chi connectivity index (χ3n) is 2.36. The van der Waals surface area contributed by atoms with Crippen LogP contribution < -0.4 is 5.32 Å². The molecule has 82 valence electrons. The van der Waals surface area contributed by atoms with Crippen LogP contribution in [0.15, 0.2) is 12.1 Å². The van der Waals surface area contributed by atoms with Crippen LogP contribution in [0, 0.1) is 13.8 Å². The molecule has 0 radical (unpaired) electrons. The summed E-state index contributed by atoms with van der Waals surface area (Å²) in [6.07, 6.45) is 1.02. The van der Waals surface area contributed by atoms with E-state index in [0.29, 0.717) is 0 Å². The molecule has 0 fully saturated rings. The molecule has 0 bridgehead atoms. The van der Waals surface area contributed by atoms with Crippen LogP contribution in [0.1, 0.15) is 23.6 Å². The first-order valence-corrected chi connectivity index (χ1v) is 6.10. The fraction of sp³-hybridized carbons (Fsp3) is 0.417. The maximum Gasteiger partial charge on any atom is 0.221 e. The summed E-state index contributed by atoms with van der Waals surface area (Å²) >= 11 is 3.43. The van der Waals surface area contributed by atoms with Gasteiger partial charge in [-0.25, -0.2) is 0 Å². The van der Waals surface area contributed by atoms with Gasteiger partial charge in [-0.05, 0) is 43.0 Å². The monoisotopic (exact) mass is 269 g/mol. The van der Waals surface area contributed by atoms with E-state index in [0.717, 1.165) is 23.0 Å². The van der Waals surface area contributed by atoms with Crippen LogP contribution in [0.25, 0.3) is 0 Å². The van der Waals surface area contributed by atoms with Gasteiger partial charge in [0, 0.05) is 17.9 Å². The van der Waals surface area contributed by atoms with E-state index in [9.17, 15) is 4.79 Å². The molecule has 1 amide bonds. The Hall–Kier alpha value is -0.830. The highest BCUT2D eigenvalue weighted by Crippen LogP contribution is 2.21. The van der Waals surface area contributed by atoms with Gasteiger partial charge < -0.3 is 5.32 Å². The highest BCUT2D eigenvalue weighted by atomic mass is 79.9. The Morgan fingerprint density at radius 1 is 1.33 bits per heavy atom. The molecule has 0 aromatic heterocycles. The van der Waals surface area contributed by atoms with Gasteiger partial charge in [0.1, 0.15) is 0 Å². The molecular weight excluding hydrogens is 254 g/mol. The third-order valence-corrected chi connectivity index (χ3v) is 2.75. The Balaban J connectivity index is 3.02. The minimum atomic E-state index is -0.0225. The summed E-state index contributed by atoms with van der Waals surface area (Å²) in [6, 6.07) is 4.18. The number of hydrogen-bond donors (Lipinski definition) is 1. The normalized spacial score (nSPS) is 10.1. The molecular formula is C12H16BrNO. The summed E-state index contributed by atoms with van der Waals surface area (Å²) < 4.78 is 0. The smallest absolute Gasteiger partial charge is 0.221 e. The SMILES string of the molecule is CC(=O)Nc1cc(C)c(CCBr)cc1C. The Kier molecular flexibility index (Phi) is 4.33. The number of carbonyl (C=O) groups is 1. The van der Waals surface area contributed by atoms with Crippen LogP contribution in [0.5, 0.6) is 0 Å². The number of amides is 1. The molecule has 1 rings (SSSR count). The van der Waals surface area contributed by atoms with Gasteiger partial charge in [-0.1, -0.05) is 22.0 Å². The summed E-state index contributed by atoms with van der Waals surface area (Å²) in [5.74, 6) is -0.0225. The van der Waals surface area contributed by atoms with Crippen molar-refractivity contribution in [3.63, 3.8) is 0 Å². The maximum absolute atomic E-state index is 11.0. The highest BCUT2D eigenvalue weighted by Gasteiger charge is 2.05. The van der Waals surface area contributed by atoms with Gasteiger partial charge in [0.25, 0.3) is 0 Å². The first kappa shape index (κ1) is 12.2. The molecule has 0 saturated heterocycles. The Bertz CT molecular complexity index is 374. The maximum atomic E-state index is 11.0. The lowest BCUT2D eigenvalue weighted by molar-refractivity contribution is -0.114. The molecule has 0 aliphatic heterocycles. The number of halogens is 1. The van der Waals surface area contributed by atoms with Crippen LogP contribution in [-0.2, 0) is 11.2 Å². The third kappa shape index (κ3) is 3.34. The topological polar surface area (TPSA) is 29.1 Å². The molecule has 1 aromatic rings. The predicted octanol–water partition coefficient (Wildman–Crippen LogP) is 3.20. The van der Waals surface area contributed by atoms with Gasteiger partial charge in [-0.2, -0.15) is 0 Å². The average molecular weight is 270 g/mol. The summed E-state index contributed by atoms with van der Waals surface area (Å²) in [5.41, 5.74) is 4.59. The number of nitrogens with one attached hydrogen (secondary N) is 1. The Morgan fingerprint density at radius 3 is 2.53 bits per heavy atom. The summed E-state index contributed by atoms with van der Waals surface area (Å²) in [5, 5.41) is 3.80. The highest BCUT2D eigenvalue weighted by molar-refractivity contribution is 9.09. The fourth-order valence-electron chi connectivity index (χ4n) is 1.57. The van der Waals surface area contributed by atoms with E-state index in [4.69, 9.17) is 0 Å². The molecule has 1 N–H and O–H groups in total. The van der Waals surface area contributed by atoms with Crippen LogP contribution in [0.2, 0.25) is 0 Å². The summed E-state index contributed by atoms with van der Waals surface area (Å²) in [6.45, 7) is 5.62. The van der Waals surface area contributed by atoms with Crippen molar-refractivity contribution >= 4 is 27.5 Å². The van der Waals surface area contributed by atoms with Gasteiger partial charge in [0.15, 0.2) is 0 Å². The lowest BCUT2D eigenvalue weighted by atomic mass is 10.0. The zero-order valence-corrected chi connectivity index (χ0v) is 10.9. The number of alkyl halides is 1. The van der Waals surface area contributed by atoms with Crippen LogP contribution in [0.3, 0.4) is 0 Å². The van der Waals surface area contributed by atoms with E-state index in [1.54, 1.807) is 0 Å². The van der Waals surface area contributed by atoms with E-state index in [1.165, 1.54) is 18.1 Å². The van der Waals surface area contributed by atoms with Crippen molar-refractivity contribution in [3.8, 4) is 0 Å². The van der Waals surface area contributed by atoms with E-state index >= 15 is 0 Å². The van der Waals surface area contributed by atoms with Crippen molar-refractivity contribution in [1.29, 1.82) is 0 Å². The number of anilines is 1. The number of benzene rings is 1. The van der Waals surface area contributed by atoms with Gasteiger partial charge in [-0.3, -0.25) is 4.79 Å². The number of carbonyl (C=O) groups excluding carboxylic acids is 1. The second-order valence-electron chi connectivity index (χ2n) is 3.71. The standard InChI is InChI=1S/C12H16BrNO/c1-8-7-12(14-10(3)15)9(2)6-11(8)4-5-13/h6-7H,4-5H2,1-3H3,(H,14,15). The summed E-state index contributed by atoms with van der Waals surface area (Å²) in [4.78, 5) is 11.0. The van der Waals surface area contributed by atoms with Gasteiger partial charge in [0.05, 0.1) is 0 Å². The van der Waals surface area contributed by atoms with Gasteiger partial charge in [0.2, 0.25) is 5.91 Å². The molecule has 0 saturated carbocycles. The predicted molar refractivity (Wildman–Crippen MR) is 67.7 cm³/mol. The molecule has 0 aliphatic carbocycles. The van der Waals surface area contributed by atoms with Crippen molar-refractivity contribution in [2.24, 2.45) is 0 Å². The van der Waals surface area contributed by atoms with E-state index in [1.807, 2.05) is 13.0 Å². The zero-order valence-electron chi connectivity index (χ0n) is 9.36. The molecule has 1 aromatic carbocycles.